The first-order valence-corrected chi connectivity index (χ1v) is 3.31. The Morgan fingerprint density at radius 1 is 1.62 bits per heavy atom. The van der Waals surface area contributed by atoms with Crippen molar-refractivity contribution in [3.05, 3.63) is 0 Å². The maximum atomic E-state index is 5.23. The molecule has 48 valence electrons. The summed E-state index contributed by atoms with van der Waals surface area (Å²) in [6.45, 7) is 5.33. The van der Waals surface area contributed by atoms with Gasteiger partial charge in [0.05, 0.1) is 6.61 Å². The molecule has 1 fully saturated rings. The predicted molar refractivity (Wildman–Crippen MR) is 32.4 cm³/mol. The van der Waals surface area contributed by atoms with Crippen LogP contribution in [0.4, 0.5) is 0 Å². The minimum atomic E-state index is 0.931. The third-order valence-corrected chi connectivity index (χ3v) is 1.30. The molecule has 0 saturated carbocycles. The summed E-state index contributed by atoms with van der Waals surface area (Å²) in [5.41, 5.74) is 0. The quantitative estimate of drug-likeness (QED) is 0.533. The van der Waals surface area contributed by atoms with Gasteiger partial charge in [-0.2, -0.15) is 5.06 Å². The molecule has 2 heteroatoms. The predicted octanol–water partition coefficient (Wildman–Crippen LogP) is 1.03. The lowest BCUT2D eigenvalue weighted by molar-refractivity contribution is -0.109. The summed E-state index contributed by atoms with van der Waals surface area (Å²) in [6, 6.07) is 0. The van der Waals surface area contributed by atoms with Crippen LogP contribution in [0.5, 0.6) is 0 Å². The smallest absolute Gasteiger partial charge is 0.0698 e. The monoisotopic (exact) mass is 115 g/mol. The second-order valence-electron chi connectivity index (χ2n) is 2.12. The second-order valence-corrected chi connectivity index (χ2v) is 2.12. The Bertz CT molecular complexity index is 59.5. The van der Waals surface area contributed by atoms with Gasteiger partial charge in [-0.3, -0.25) is 4.84 Å². The van der Waals surface area contributed by atoms with E-state index in [-0.39, 0.29) is 0 Å². The van der Waals surface area contributed by atoms with Crippen LogP contribution in [0.15, 0.2) is 0 Å². The lowest BCUT2D eigenvalue weighted by Crippen LogP contribution is -2.17. The number of rotatable bonds is 2. The van der Waals surface area contributed by atoms with E-state index in [1.807, 2.05) is 5.06 Å². The van der Waals surface area contributed by atoms with E-state index in [1.54, 1.807) is 0 Å². The van der Waals surface area contributed by atoms with Gasteiger partial charge in [0.1, 0.15) is 0 Å². The minimum absolute atomic E-state index is 0.931. The van der Waals surface area contributed by atoms with Gasteiger partial charge in [-0.15, -0.1) is 0 Å². The van der Waals surface area contributed by atoms with Crippen molar-refractivity contribution in [2.45, 2.75) is 19.8 Å². The van der Waals surface area contributed by atoms with Crippen molar-refractivity contribution >= 4 is 0 Å². The molecule has 0 N–H and O–H groups in total. The normalized spacial score (nSPS) is 22.1. The second kappa shape index (κ2) is 3.05. The van der Waals surface area contributed by atoms with Crippen LogP contribution in [0.1, 0.15) is 19.8 Å². The first-order chi connectivity index (χ1) is 3.93. The van der Waals surface area contributed by atoms with E-state index in [2.05, 4.69) is 6.92 Å². The molecule has 0 spiro atoms. The maximum Gasteiger partial charge on any atom is 0.0698 e. The largest absolute Gasteiger partial charge is 0.299 e. The van der Waals surface area contributed by atoms with E-state index in [0.29, 0.717) is 0 Å². The van der Waals surface area contributed by atoms with Crippen LogP contribution < -0.4 is 0 Å². The molecule has 0 radical (unpaired) electrons. The molecule has 1 aliphatic rings. The fourth-order valence-electron chi connectivity index (χ4n) is 0.925. The van der Waals surface area contributed by atoms with E-state index in [4.69, 9.17) is 4.84 Å². The minimum Gasteiger partial charge on any atom is -0.299 e. The molecule has 8 heavy (non-hydrogen) atoms. The fraction of sp³-hybridized carbons (Fsp3) is 1.00. The van der Waals surface area contributed by atoms with Gasteiger partial charge < -0.3 is 0 Å². The van der Waals surface area contributed by atoms with E-state index in [9.17, 15) is 0 Å². The average molecular weight is 115 g/mol. The molecular weight excluding hydrogens is 102 g/mol. The molecule has 0 aromatic rings. The summed E-state index contributed by atoms with van der Waals surface area (Å²) in [4.78, 5) is 5.23. The third-order valence-electron chi connectivity index (χ3n) is 1.30. The first-order valence-electron chi connectivity index (χ1n) is 3.31. The van der Waals surface area contributed by atoms with Gasteiger partial charge in [0, 0.05) is 13.1 Å². The molecule has 0 atom stereocenters. The molecule has 2 nitrogen and oxygen atoms in total. The van der Waals surface area contributed by atoms with Gasteiger partial charge in [0.25, 0.3) is 0 Å². The molecule has 1 saturated heterocycles. The van der Waals surface area contributed by atoms with Crippen molar-refractivity contribution in [1.82, 2.24) is 5.06 Å². The zero-order valence-corrected chi connectivity index (χ0v) is 5.39. The summed E-state index contributed by atoms with van der Waals surface area (Å²) in [6.07, 6.45) is 2.40. The van der Waals surface area contributed by atoms with E-state index in [1.165, 1.54) is 12.8 Å². The van der Waals surface area contributed by atoms with Crippen molar-refractivity contribution in [3.63, 3.8) is 0 Å². The molecule has 0 aromatic carbocycles. The van der Waals surface area contributed by atoms with Crippen LogP contribution in [0.2, 0.25) is 0 Å². The highest BCUT2D eigenvalue weighted by molar-refractivity contribution is 4.50. The molecule has 0 aliphatic carbocycles. The maximum absolute atomic E-state index is 5.23. The zero-order valence-electron chi connectivity index (χ0n) is 5.39. The van der Waals surface area contributed by atoms with Crippen LogP contribution >= 0.6 is 0 Å². The van der Waals surface area contributed by atoms with Crippen LogP contribution in [-0.4, -0.2) is 24.8 Å². The summed E-state index contributed by atoms with van der Waals surface area (Å²) in [7, 11) is 0. The highest BCUT2D eigenvalue weighted by Gasteiger charge is 2.09. The standard InChI is InChI=1S/C6H13NO/c1-2-4-7-5-3-6-8-7/h2-6H2,1H3. The Kier molecular flexibility index (Phi) is 2.30. The molecule has 0 amide bonds. The number of hydrogen-bond acceptors (Lipinski definition) is 2. The van der Waals surface area contributed by atoms with Crippen molar-refractivity contribution in [2.75, 3.05) is 19.7 Å². The van der Waals surface area contributed by atoms with Crippen molar-refractivity contribution < 1.29 is 4.84 Å². The van der Waals surface area contributed by atoms with Crippen LogP contribution in [0.3, 0.4) is 0 Å². The van der Waals surface area contributed by atoms with Crippen LogP contribution in [-0.2, 0) is 4.84 Å². The van der Waals surface area contributed by atoms with Crippen LogP contribution in [0, 0.1) is 0 Å². The Morgan fingerprint density at radius 3 is 3.00 bits per heavy atom. The van der Waals surface area contributed by atoms with Gasteiger partial charge in [-0.25, -0.2) is 0 Å². The van der Waals surface area contributed by atoms with E-state index in [0.717, 1.165) is 19.7 Å². The first kappa shape index (κ1) is 6.05. The number of hydroxylamine groups is 2. The topological polar surface area (TPSA) is 12.5 Å². The molecule has 0 unspecified atom stereocenters. The summed E-state index contributed by atoms with van der Waals surface area (Å²) in [5, 5.41) is 2.04. The highest BCUT2D eigenvalue weighted by Crippen LogP contribution is 2.03. The molecule has 0 bridgehead atoms. The highest BCUT2D eigenvalue weighted by atomic mass is 16.7. The Balaban J connectivity index is 2.06. The molecule has 1 aliphatic heterocycles. The van der Waals surface area contributed by atoms with Gasteiger partial charge in [0.2, 0.25) is 0 Å². The Hall–Kier alpha value is -0.0800. The summed E-state index contributed by atoms with van der Waals surface area (Å²) < 4.78 is 0. The lowest BCUT2D eigenvalue weighted by atomic mass is 10.4. The summed E-state index contributed by atoms with van der Waals surface area (Å²) >= 11 is 0. The number of nitrogens with zero attached hydrogens (tertiary/aromatic N) is 1. The SMILES string of the molecule is CCCN1CCCO1. The molecule has 0 aromatic heterocycles. The molecular formula is C6H13NO. The Morgan fingerprint density at radius 2 is 2.50 bits per heavy atom. The van der Waals surface area contributed by atoms with Crippen molar-refractivity contribution in [3.8, 4) is 0 Å². The van der Waals surface area contributed by atoms with Gasteiger partial charge in [-0.1, -0.05) is 6.92 Å². The van der Waals surface area contributed by atoms with Gasteiger partial charge in [0.15, 0.2) is 0 Å². The Labute approximate surface area is 50.4 Å². The summed E-state index contributed by atoms with van der Waals surface area (Å²) in [5.74, 6) is 0. The van der Waals surface area contributed by atoms with Gasteiger partial charge in [-0.05, 0) is 12.8 Å². The zero-order chi connectivity index (χ0) is 5.82. The van der Waals surface area contributed by atoms with Gasteiger partial charge >= 0.3 is 0 Å². The average Bonchev–Trinajstić information content (AvgIpc) is 2.19. The van der Waals surface area contributed by atoms with Crippen LogP contribution in [0.25, 0.3) is 0 Å². The molecule has 1 heterocycles. The fourth-order valence-corrected chi connectivity index (χ4v) is 0.925. The van der Waals surface area contributed by atoms with E-state index >= 15 is 0 Å². The third kappa shape index (κ3) is 1.46. The number of hydrogen-bond donors (Lipinski definition) is 0. The lowest BCUT2D eigenvalue weighted by Gasteiger charge is -2.10. The van der Waals surface area contributed by atoms with Crippen molar-refractivity contribution in [1.29, 1.82) is 0 Å². The molecule has 1 rings (SSSR count). The van der Waals surface area contributed by atoms with E-state index < -0.39 is 0 Å². The van der Waals surface area contributed by atoms with Crippen molar-refractivity contribution in [2.24, 2.45) is 0 Å².